The summed E-state index contributed by atoms with van der Waals surface area (Å²) in [6, 6.07) is 8.25. The van der Waals surface area contributed by atoms with Crippen LogP contribution in [0.1, 0.15) is 219 Å². The first-order valence-corrected chi connectivity index (χ1v) is 22.1. The highest BCUT2D eigenvalue weighted by Crippen LogP contribution is 2.25. The number of anilines is 1. The van der Waals surface area contributed by atoms with Crippen molar-refractivity contribution in [3.63, 3.8) is 0 Å². The van der Waals surface area contributed by atoms with Gasteiger partial charge in [0.05, 0.1) is 6.61 Å². The lowest BCUT2D eigenvalue weighted by molar-refractivity contribution is 0.340. The van der Waals surface area contributed by atoms with E-state index in [1.54, 1.807) is 5.37 Å². The molecule has 1 N–H and O–H groups in total. The van der Waals surface area contributed by atoms with E-state index in [0.29, 0.717) is 6.61 Å². The van der Waals surface area contributed by atoms with Gasteiger partial charge in [0.15, 0.2) is 0 Å². The normalized spacial score (nSPS) is 14.3. The number of nitrogens with one attached hydrogen (secondary N) is 1. The molecule has 0 aliphatic carbocycles. The maximum Gasteiger partial charge on any atom is 0.150 e. The monoisotopic (exact) mass is 698 g/mol. The van der Waals surface area contributed by atoms with E-state index in [1.165, 1.54) is 199 Å². The van der Waals surface area contributed by atoms with Gasteiger partial charge in [-0.15, -0.1) is 0 Å². The fraction of sp³-hybridized carbons (Fsp3) is 0.818. The van der Waals surface area contributed by atoms with Crippen molar-refractivity contribution >= 4 is 29.1 Å². The lowest BCUT2D eigenvalue weighted by atomic mass is 10.0. The molecular formula is C44H79N3OS. The summed E-state index contributed by atoms with van der Waals surface area (Å²) in [5.41, 5.74) is 4.30. The van der Waals surface area contributed by atoms with E-state index in [1.807, 2.05) is 19.1 Å². The van der Waals surface area contributed by atoms with Gasteiger partial charge < -0.3 is 9.64 Å². The van der Waals surface area contributed by atoms with Crippen molar-refractivity contribution in [2.45, 2.75) is 225 Å². The highest BCUT2D eigenvalue weighted by molar-refractivity contribution is 7.79. The lowest BCUT2D eigenvalue weighted by Gasteiger charge is -2.25. The molecule has 4 nitrogen and oxygen atoms in total. The fourth-order valence-electron chi connectivity index (χ4n) is 7.34. The molecule has 282 valence electrons. The molecule has 2 rings (SSSR count). The average Bonchev–Trinajstić information content (AvgIpc) is 3.54. The standard InChI is InChI=1S/C44H79N3OS/c1-3-5-6-7-8-9-10-11-12-13-14-15-16-17-18-19-20-21-22-23-24-25-26-27-28-29-30-31-32-33-34-35-43-45-46-44(40-49)47(43)41-36-38-42(39-37-41)48-4-2/h36-40,44,46H,3-35H2,1-2H3. The van der Waals surface area contributed by atoms with Gasteiger partial charge in [-0.1, -0.05) is 212 Å². The van der Waals surface area contributed by atoms with E-state index in [0.717, 1.165) is 23.7 Å². The summed E-state index contributed by atoms with van der Waals surface area (Å²) in [6.45, 7) is 5.00. The predicted molar refractivity (Wildman–Crippen MR) is 222 cm³/mol. The van der Waals surface area contributed by atoms with Crippen molar-refractivity contribution < 1.29 is 4.74 Å². The average molecular weight is 698 g/mol. The molecule has 1 aliphatic heterocycles. The topological polar surface area (TPSA) is 36.9 Å². The second-order valence-electron chi connectivity index (χ2n) is 14.9. The number of benzene rings is 1. The Balaban J connectivity index is 1.27. The minimum Gasteiger partial charge on any atom is -0.494 e. The van der Waals surface area contributed by atoms with Gasteiger partial charge in [-0.25, -0.2) is 0 Å². The van der Waals surface area contributed by atoms with Crippen LogP contribution < -0.4 is 15.1 Å². The molecule has 49 heavy (non-hydrogen) atoms. The quantitative estimate of drug-likeness (QED) is 0.0559. The molecular weight excluding hydrogens is 619 g/mol. The highest BCUT2D eigenvalue weighted by atomic mass is 32.1. The molecule has 0 saturated heterocycles. The third kappa shape index (κ3) is 22.7. The Morgan fingerprint density at radius 1 is 0.551 bits per heavy atom. The zero-order valence-corrected chi connectivity index (χ0v) is 33.3. The minimum atomic E-state index is -0.0543. The second kappa shape index (κ2) is 32.3. The number of rotatable bonds is 36. The van der Waals surface area contributed by atoms with Crippen molar-refractivity contribution in [3.8, 4) is 5.75 Å². The van der Waals surface area contributed by atoms with E-state index in [-0.39, 0.29) is 6.17 Å². The molecule has 0 radical (unpaired) electrons. The molecule has 0 spiro atoms. The van der Waals surface area contributed by atoms with Gasteiger partial charge in [0.2, 0.25) is 0 Å². The number of amidine groups is 1. The van der Waals surface area contributed by atoms with E-state index in [9.17, 15) is 0 Å². The summed E-state index contributed by atoms with van der Waals surface area (Å²) >= 11 is 5.27. The summed E-state index contributed by atoms with van der Waals surface area (Å²) in [7, 11) is 0. The van der Waals surface area contributed by atoms with Crippen LogP contribution in [0.4, 0.5) is 5.69 Å². The van der Waals surface area contributed by atoms with Crippen molar-refractivity contribution in [2.24, 2.45) is 5.10 Å². The largest absolute Gasteiger partial charge is 0.494 e. The van der Waals surface area contributed by atoms with Gasteiger partial charge in [0.1, 0.15) is 17.8 Å². The van der Waals surface area contributed by atoms with Gasteiger partial charge in [0.25, 0.3) is 0 Å². The van der Waals surface area contributed by atoms with Crippen molar-refractivity contribution in [1.29, 1.82) is 0 Å². The van der Waals surface area contributed by atoms with Crippen LogP contribution in [0.2, 0.25) is 0 Å². The lowest BCUT2D eigenvalue weighted by Crippen LogP contribution is -2.41. The van der Waals surface area contributed by atoms with Crippen LogP contribution in [0.25, 0.3) is 0 Å². The summed E-state index contributed by atoms with van der Waals surface area (Å²) in [5.74, 6) is 1.99. The van der Waals surface area contributed by atoms with Crippen molar-refractivity contribution in [2.75, 3.05) is 11.5 Å². The van der Waals surface area contributed by atoms with Crippen molar-refractivity contribution in [3.05, 3.63) is 24.3 Å². The summed E-state index contributed by atoms with van der Waals surface area (Å²) in [6.07, 6.45) is 45.5. The van der Waals surface area contributed by atoms with Crippen LogP contribution in [0.15, 0.2) is 29.4 Å². The first kappa shape index (κ1) is 43.5. The van der Waals surface area contributed by atoms with E-state index in [2.05, 4.69) is 34.5 Å². The molecule has 0 amide bonds. The molecule has 1 unspecified atom stereocenters. The number of thiocarbonyl (C=S) groups is 1. The summed E-state index contributed by atoms with van der Waals surface area (Å²) in [5, 5.41) is 6.37. The van der Waals surface area contributed by atoms with Gasteiger partial charge in [-0.3, -0.25) is 5.43 Å². The molecule has 1 aromatic rings. The zero-order valence-electron chi connectivity index (χ0n) is 32.5. The molecule has 1 aromatic carbocycles. The maximum atomic E-state index is 5.60. The first-order valence-electron chi connectivity index (χ1n) is 21.6. The smallest absolute Gasteiger partial charge is 0.150 e. The molecule has 1 heterocycles. The molecule has 1 aliphatic rings. The molecule has 1 atom stereocenters. The summed E-state index contributed by atoms with van der Waals surface area (Å²) in [4.78, 5) is 2.23. The zero-order chi connectivity index (χ0) is 34.9. The molecule has 0 fully saturated rings. The summed E-state index contributed by atoms with van der Waals surface area (Å²) < 4.78 is 5.60. The van der Waals surface area contributed by atoms with Gasteiger partial charge in [-0.05, 0) is 37.6 Å². The SMILES string of the molecule is CCCCCCCCCCCCCCCCCCCCCCCCCCCCCCCCCC1=NNC(C=S)N1c1ccc(OCC)cc1. The van der Waals surface area contributed by atoms with Crippen LogP contribution >= 0.6 is 12.2 Å². The Morgan fingerprint density at radius 2 is 0.898 bits per heavy atom. The van der Waals surface area contributed by atoms with Crippen LogP contribution in [-0.2, 0) is 0 Å². The predicted octanol–water partition coefficient (Wildman–Crippen LogP) is 14.6. The van der Waals surface area contributed by atoms with E-state index >= 15 is 0 Å². The number of unbranched alkanes of at least 4 members (excludes halogenated alkanes) is 30. The highest BCUT2D eigenvalue weighted by Gasteiger charge is 2.26. The minimum absolute atomic E-state index is 0.0543. The Kier molecular flexibility index (Phi) is 28.7. The number of hydrogen-bond donors (Lipinski definition) is 1. The molecule has 0 aromatic heterocycles. The van der Waals surface area contributed by atoms with E-state index < -0.39 is 0 Å². The first-order chi connectivity index (χ1) is 24.3. The fourth-order valence-corrected chi connectivity index (χ4v) is 7.53. The van der Waals surface area contributed by atoms with Gasteiger partial charge >= 0.3 is 0 Å². The second-order valence-corrected chi connectivity index (χ2v) is 15.2. The maximum absolute atomic E-state index is 5.60. The number of hydrazone groups is 1. The Hall–Kier alpha value is -1.62. The van der Waals surface area contributed by atoms with Crippen LogP contribution in [-0.4, -0.2) is 24.0 Å². The third-order valence-electron chi connectivity index (χ3n) is 10.4. The molecule has 0 saturated carbocycles. The number of ether oxygens (including phenoxy) is 1. The third-order valence-corrected chi connectivity index (χ3v) is 10.7. The van der Waals surface area contributed by atoms with Crippen LogP contribution in [0, 0.1) is 0 Å². The van der Waals surface area contributed by atoms with Crippen molar-refractivity contribution in [1.82, 2.24) is 5.43 Å². The number of hydrogen-bond acceptors (Lipinski definition) is 5. The van der Waals surface area contributed by atoms with Crippen LogP contribution in [0.3, 0.4) is 0 Å². The van der Waals surface area contributed by atoms with Gasteiger partial charge in [0, 0.05) is 17.5 Å². The van der Waals surface area contributed by atoms with Crippen LogP contribution in [0.5, 0.6) is 5.75 Å². The Labute approximate surface area is 310 Å². The van der Waals surface area contributed by atoms with E-state index in [4.69, 9.17) is 17.0 Å². The van der Waals surface area contributed by atoms with Gasteiger partial charge in [-0.2, -0.15) is 5.10 Å². The molecule has 5 heteroatoms. The Morgan fingerprint density at radius 3 is 1.22 bits per heavy atom. The Bertz CT molecular complexity index is 904. The number of nitrogens with zero attached hydrogens (tertiary/aromatic N) is 2. The molecule has 0 bridgehead atoms.